The van der Waals surface area contributed by atoms with Gasteiger partial charge in [-0.05, 0) is 61.3 Å². The lowest BCUT2D eigenvalue weighted by molar-refractivity contribution is 0.102. The zero-order valence-electron chi connectivity index (χ0n) is 16.9. The van der Waals surface area contributed by atoms with Crippen molar-refractivity contribution >= 4 is 35.7 Å². The average Bonchev–Trinajstić information content (AvgIpc) is 3.06. The summed E-state index contributed by atoms with van der Waals surface area (Å²) in [6, 6.07) is 13.2. The molecule has 0 aliphatic carbocycles. The van der Waals surface area contributed by atoms with Crippen LogP contribution in [-0.2, 0) is 19.5 Å². The fourth-order valence-corrected chi connectivity index (χ4v) is 3.77. The minimum Gasteiger partial charge on any atom is -0.496 e. The fourth-order valence-electron chi connectivity index (χ4n) is 3.57. The van der Waals surface area contributed by atoms with E-state index < -0.39 is 0 Å². The molecule has 2 aromatic carbocycles. The molecular formula is C22H24Cl2N4O2. The van der Waals surface area contributed by atoms with E-state index in [2.05, 4.69) is 15.7 Å². The van der Waals surface area contributed by atoms with Crippen molar-refractivity contribution in [1.82, 2.24) is 15.1 Å². The van der Waals surface area contributed by atoms with Crippen LogP contribution >= 0.6 is 24.0 Å². The van der Waals surface area contributed by atoms with Gasteiger partial charge in [-0.2, -0.15) is 5.10 Å². The Morgan fingerprint density at radius 3 is 2.87 bits per heavy atom. The number of amides is 1. The minimum absolute atomic E-state index is 0. The second kappa shape index (κ2) is 9.51. The molecule has 6 nitrogen and oxygen atoms in total. The summed E-state index contributed by atoms with van der Waals surface area (Å²) >= 11 is 6.13. The molecule has 0 saturated carbocycles. The number of aryl methyl sites for hydroxylation is 1. The van der Waals surface area contributed by atoms with Gasteiger partial charge in [0, 0.05) is 34.5 Å². The third-order valence-corrected chi connectivity index (χ3v) is 5.38. The maximum atomic E-state index is 12.7. The van der Waals surface area contributed by atoms with Crippen LogP contribution in [0.3, 0.4) is 0 Å². The first-order valence-electron chi connectivity index (χ1n) is 9.54. The number of aromatic nitrogens is 2. The standard InChI is InChI=1S/C22H23ClN4O2.ClH/c1-14-9-21(26-27(14)13-18-11-19(23)5-6-20(18)29-2)25-22(28)16-3-4-17-12-24-8-7-15(17)10-16;/h3-6,9-11,24H,7-8,12-13H2,1-2H3,(H,25,26,28);1H. The Morgan fingerprint density at radius 2 is 2.07 bits per heavy atom. The molecule has 0 spiro atoms. The number of carbonyl (C=O) groups excluding carboxylic acids is 1. The lowest BCUT2D eigenvalue weighted by Gasteiger charge is -2.17. The van der Waals surface area contributed by atoms with E-state index >= 15 is 0 Å². The summed E-state index contributed by atoms with van der Waals surface area (Å²) in [7, 11) is 1.63. The van der Waals surface area contributed by atoms with Gasteiger partial charge >= 0.3 is 0 Å². The molecule has 158 valence electrons. The fraction of sp³-hybridized carbons (Fsp3) is 0.273. The van der Waals surface area contributed by atoms with Crippen LogP contribution in [0.1, 0.15) is 32.7 Å². The van der Waals surface area contributed by atoms with Crippen LogP contribution in [0.25, 0.3) is 0 Å². The molecule has 2 heterocycles. The highest BCUT2D eigenvalue weighted by molar-refractivity contribution is 6.30. The van der Waals surface area contributed by atoms with E-state index in [0.717, 1.165) is 36.5 Å². The third kappa shape index (κ3) is 4.78. The maximum absolute atomic E-state index is 12.7. The van der Waals surface area contributed by atoms with Crippen LogP contribution in [0, 0.1) is 6.92 Å². The summed E-state index contributed by atoms with van der Waals surface area (Å²) in [4.78, 5) is 12.7. The zero-order chi connectivity index (χ0) is 20.4. The molecule has 1 aromatic heterocycles. The van der Waals surface area contributed by atoms with Crippen LogP contribution in [0.5, 0.6) is 5.75 Å². The van der Waals surface area contributed by atoms with E-state index in [1.54, 1.807) is 13.2 Å². The number of anilines is 1. The van der Waals surface area contributed by atoms with E-state index in [4.69, 9.17) is 16.3 Å². The second-order valence-electron chi connectivity index (χ2n) is 7.15. The summed E-state index contributed by atoms with van der Waals surface area (Å²) in [5.74, 6) is 1.11. The molecule has 1 amide bonds. The van der Waals surface area contributed by atoms with Crippen LogP contribution < -0.4 is 15.4 Å². The van der Waals surface area contributed by atoms with Gasteiger partial charge in [-0.3, -0.25) is 9.48 Å². The molecule has 8 heteroatoms. The quantitative estimate of drug-likeness (QED) is 0.615. The van der Waals surface area contributed by atoms with Crippen molar-refractivity contribution < 1.29 is 9.53 Å². The summed E-state index contributed by atoms with van der Waals surface area (Å²) in [6.07, 6.45) is 0.936. The molecule has 0 fully saturated rings. The number of fused-ring (bicyclic) bond motifs is 1. The average molecular weight is 447 g/mol. The second-order valence-corrected chi connectivity index (χ2v) is 7.59. The highest BCUT2D eigenvalue weighted by Crippen LogP contribution is 2.24. The van der Waals surface area contributed by atoms with Crippen LogP contribution in [-0.4, -0.2) is 29.3 Å². The first-order valence-corrected chi connectivity index (χ1v) is 9.92. The number of benzene rings is 2. The summed E-state index contributed by atoms with van der Waals surface area (Å²) < 4.78 is 7.23. The molecule has 2 N–H and O–H groups in total. The Morgan fingerprint density at radius 1 is 1.23 bits per heavy atom. The Kier molecular flexibility index (Phi) is 7.02. The molecule has 0 bridgehead atoms. The molecule has 3 aromatic rings. The lowest BCUT2D eigenvalue weighted by atomic mass is 9.98. The minimum atomic E-state index is -0.156. The van der Waals surface area contributed by atoms with Gasteiger partial charge in [-0.1, -0.05) is 17.7 Å². The largest absolute Gasteiger partial charge is 0.496 e. The number of nitrogens with one attached hydrogen (secondary N) is 2. The van der Waals surface area contributed by atoms with Crippen LogP contribution in [0.2, 0.25) is 5.02 Å². The van der Waals surface area contributed by atoms with Gasteiger partial charge in [0.05, 0.1) is 13.7 Å². The monoisotopic (exact) mass is 446 g/mol. The van der Waals surface area contributed by atoms with E-state index in [-0.39, 0.29) is 18.3 Å². The van der Waals surface area contributed by atoms with Crippen molar-refractivity contribution in [3.63, 3.8) is 0 Å². The first kappa shape index (κ1) is 22.2. The van der Waals surface area contributed by atoms with Crippen molar-refractivity contribution in [1.29, 1.82) is 0 Å². The lowest BCUT2D eigenvalue weighted by Crippen LogP contribution is -2.24. The van der Waals surface area contributed by atoms with Crippen molar-refractivity contribution in [2.24, 2.45) is 0 Å². The third-order valence-electron chi connectivity index (χ3n) is 5.14. The predicted octanol–water partition coefficient (Wildman–Crippen LogP) is 4.22. The summed E-state index contributed by atoms with van der Waals surface area (Å²) in [5, 5.41) is 11.4. The molecule has 1 aliphatic rings. The number of nitrogens with zero attached hydrogens (tertiary/aromatic N) is 2. The Balaban J connectivity index is 0.00000256. The number of ether oxygens (including phenoxy) is 1. The SMILES string of the molecule is COc1ccc(Cl)cc1Cn1nc(NC(=O)c2ccc3c(c2)CCNC3)cc1C.Cl. The number of methoxy groups -OCH3 is 1. The Hall–Kier alpha value is -2.54. The Labute approximate surface area is 187 Å². The smallest absolute Gasteiger partial charge is 0.256 e. The van der Waals surface area contributed by atoms with Gasteiger partial charge < -0.3 is 15.4 Å². The molecule has 0 saturated heterocycles. The highest BCUT2D eigenvalue weighted by Gasteiger charge is 2.15. The van der Waals surface area contributed by atoms with Gasteiger partial charge in [0.2, 0.25) is 0 Å². The Bertz CT molecular complexity index is 1070. The van der Waals surface area contributed by atoms with Gasteiger partial charge in [-0.15, -0.1) is 12.4 Å². The van der Waals surface area contributed by atoms with Gasteiger partial charge in [0.25, 0.3) is 5.91 Å². The number of halogens is 2. The van der Waals surface area contributed by atoms with Gasteiger partial charge in [0.1, 0.15) is 5.75 Å². The first-order chi connectivity index (χ1) is 14.0. The summed E-state index contributed by atoms with van der Waals surface area (Å²) in [6.45, 7) is 4.24. The number of hydrogen-bond donors (Lipinski definition) is 2. The summed E-state index contributed by atoms with van der Waals surface area (Å²) in [5.41, 5.74) is 4.98. The molecule has 0 unspecified atom stereocenters. The zero-order valence-corrected chi connectivity index (χ0v) is 18.4. The number of carbonyl (C=O) groups is 1. The molecule has 4 rings (SSSR count). The van der Waals surface area contributed by atoms with E-state index in [9.17, 15) is 4.79 Å². The molecular weight excluding hydrogens is 423 g/mol. The molecule has 0 atom stereocenters. The molecule has 0 radical (unpaired) electrons. The van der Waals surface area contributed by atoms with E-state index in [1.807, 2.05) is 48.0 Å². The van der Waals surface area contributed by atoms with Crippen molar-refractivity contribution in [2.75, 3.05) is 19.0 Å². The van der Waals surface area contributed by atoms with Crippen molar-refractivity contribution in [3.8, 4) is 5.75 Å². The number of hydrogen-bond acceptors (Lipinski definition) is 4. The van der Waals surface area contributed by atoms with Crippen LogP contribution in [0.4, 0.5) is 5.82 Å². The highest BCUT2D eigenvalue weighted by atomic mass is 35.5. The molecule has 30 heavy (non-hydrogen) atoms. The topological polar surface area (TPSA) is 68.2 Å². The van der Waals surface area contributed by atoms with Crippen LogP contribution in [0.15, 0.2) is 42.5 Å². The van der Waals surface area contributed by atoms with Crippen molar-refractivity contribution in [3.05, 3.63) is 75.4 Å². The predicted molar refractivity (Wildman–Crippen MR) is 121 cm³/mol. The van der Waals surface area contributed by atoms with Gasteiger partial charge in [0.15, 0.2) is 5.82 Å². The van der Waals surface area contributed by atoms with E-state index in [1.165, 1.54) is 11.1 Å². The maximum Gasteiger partial charge on any atom is 0.256 e. The molecule has 1 aliphatic heterocycles. The van der Waals surface area contributed by atoms with E-state index in [0.29, 0.717) is 22.9 Å². The van der Waals surface area contributed by atoms with Crippen molar-refractivity contribution in [2.45, 2.75) is 26.4 Å². The van der Waals surface area contributed by atoms with Gasteiger partial charge in [-0.25, -0.2) is 0 Å². The normalized spacial score (nSPS) is 12.6. The number of rotatable bonds is 5.